The minimum absolute atomic E-state index is 0.322. The molecule has 1 aliphatic carbocycles. The average molecular weight is 484 g/mol. The van der Waals surface area contributed by atoms with Crippen LogP contribution in [0.4, 0.5) is 0 Å². The van der Waals surface area contributed by atoms with Gasteiger partial charge in [-0.25, -0.2) is 0 Å². The van der Waals surface area contributed by atoms with Crippen LogP contribution in [-0.4, -0.2) is 52.9 Å². The number of nitriles is 1. The lowest BCUT2D eigenvalue weighted by molar-refractivity contribution is -0.152. The third kappa shape index (κ3) is 3.05. The standard InChI is InChI=1S/C29H29N3O4/c1-35-23-16-31-17-24-26(23)28(34)27(33)22(18-32-13-5-6-14-32)25(20-7-3-2-4-8-20)29(28,36-24)21-11-9-19(15-30)10-12-21/h2-4,7-12,16-17,22,25,27,33-34H,5-6,13-14,18H2,1H3/t22-,25?,27-,28+,29+/m1/s1. The lowest BCUT2D eigenvalue weighted by Crippen LogP contribution is -2.52. The van der Waals surface area contributed by atoms with Crippen molar-refractivity contribution in [3.63, 3.8) is 0 Å². The van der Waals surface area contributed by atoms with Crippen LogP contribution in [0, 0.1) is 17.2 Å². The fraction of sp³-hybridized carbons (Fsp3) is 0.379. The number of methoxy groups -OCH3 is 1. The fourth-order valence-electron chi connectivity index (χ4n) is 6.79. The van der Waals surface area contributed by atoms with E-state index in [4.69, 9.17) is 9.47 Å². The summed E-state index contributed by atoms with van der Waals surface area (Å²) in [7, 11) is 1.53. The summed E-state index contributed by atoms with van der Waals surface area (Å²) in [5.41, 5.74) is -0.570. The van der Waals surface area contributed by atoms with Gasteiger partial charge < -0.3 is 24.6 Å². The van der Waals surface area contributed by atoms with Crippen LogP contribution in [0.1, 0.15) is 41.0 Å². The molecule has 5 atom stereocenters. The lowest BCUT2D eigenvalue weighted by Gasteiger charge is -2.41. The molecule has 3 aromatic rings. The number of aliphatic hydroxyl groups is 2. The van der Waals surface area contributed by atoms with Gasteiger partial charge in [0.2, 0.25) is 0 Å². The zero-order valence-electron chi connectivity index (χ0n) is 20.2. The van der Waals surface area contributed by atoms with E-state index in [1.54, 1.807) is 24.5 Å². The van der Waals surface area contributed by atoms with E-state index in [1.807, 2.05) is 42.5 Å². The minimum Gasteiger partial charge on any atom is -0.495 e. The number of aromatic nitrogens is 1. The maximum absolute atomic E-state index is 12.8. The summed E-state index contributed by atoms with van der Waals surface area (Å²) in [6.45, 7) is 2.57. The van der Waals surface area contributed by atoms with E-state index >= 15 is 0 Å². The largest absolute Gasteiger partial charge is 0.495 e. The van der Waals surface area contributed by atoms with Crippen molar-refractivity contribution in [2.45, 2.75) is 36.1 Å². The highest BCUT2D eigenvalue weighted by atomic mass is 16.5. The monoisotopic (exact) mass is 483 g/mol. The molecular formula is C29H29N3O4. The van der Waals surface area contributed by atoms with E-state index in [0.717, 1.165) is 31.5 Å². The molecule has 2 aliphatic heterocycles. The first-order chi connectivity index (χ1) is 17.5. The van der Waals surface area contributed by atoms with Gasteiger partial charge in [-0.05, 0) is 49.2 Å². The van der Waals surface area contributed by atoms with E-state index < -0.39 is 17.3 Å². The van der Waals surface area contributed by atoms with Crippen LogP contribution in [0.25, 0.3) is 0 Å². The molecule has 7 heteroatoms. The fourth-order valence-corrected chi connectivity index (χ4v) is 6.79. The molecular weight excluding hydrogens is 454 g/mol. The van der Waals surface area contributed by atoms with Crippen molar-refractivity contribution in [3.8, 4) is 17.6 Å². The van der Waals surface area contributed by atoms with Crippen molar-refractivity contribution in [1.29, 1.82) is 5.26 Å². The summed E-state index contributed by atoms with van der Waals surface area (Å²) >= 11 is 0. The van der Waals surface area contributed by atoms with Crippen molar-refractivity contribution < 1.29 is 19.7 Å². The highest BCUT2D eigenvalue weighted by molar-refractivity contribution is 5.59. The Bertz CT molecular complexity index is 1300. The maximum Gasteiger partial charge on any atom is 0.177 e. The van der Waals surface area contributed by atoms with Crippen LogP contribution in [0.3, 0.4) is 0 Å². The predicted molar refractivity (Wildman–Crippen MR) is 133 cm³/mol. The molecule has 6 rings (SSSR count). The summed E-state index contributed by atoms with van der Waals surface area (Å²) in [5, 5.41) is 34.3. The second kappa shape index (κ2) is 8.59. The van der Waals surface area contributed by atoms with Gasteiger partial charge in [-0.15, -0.1) is 0 Å². The smallest absolute Gasteiger partial charge is 0.177 e. The van der Waals surface area contributed by atoms with E-state index in [-0.39, 0.29) is 11.8 Å². The number of aliphatic hydroxyl groups excluding tert-OH is 1. The minimum atomic E-state index is -1.81. The van der Waals surface area contributed by atoms with Gasteiger partial charge in [0.25, 0.3) is 0 Å². The molecule has 3 aliphatic rings. The molecule has 3 heterocycles. The molecule has 36 heavy (non-hydrogen) atoms. The van der Waals surface area contributed by atoms with Crippen molar-refractivity contribution in [1.82, 2.24) is 9.88 Å². The van der Waals surface area contributed by atoms with Gasteiger partial charge in [-0.2, -0.15) is 5.26 Å². The SMILES string of the molecule is COc1cncc2c1[C@]1(O)[C@H](O)[C@H](CN3CCCC3)C(c3ccccc3)[C@]1(c1ccc(C#N)cc1)O2. The molecule has 7 nitrogen and oxygen atoms in total. The highest BCUT2D eigenvalue weighted by Gasteiger charge is 2.76. The Morgan fingerprint density at radius 2 is 1.83 bits per heavy atom. The molecule has 0 spiro atoms. The number of nitrogens with zero attached hydrogens (tertiary/aromatic N) is 3. The predicted octanol–water partition coefficient (Wildman–Crippen LogP) is 3.31. The Labute approximate surface area is 210 Å². The number of ether oxygens (including phenoxy) is 2. The van der Waals surface area contributed by atoms with Crippen LogP contribution in [-0.2, 0) is 11.2 Å². The van der Waals surface area contributed by atoms with Crippen LogP contribution in [0.2, 0.25) is 0 Å². The Hall–Kier alpha value is -3.44. The topological polar surface area (TPSA) is 98.8 Å². The number of pyridine rings is 1. The van der Waals surface area contributed by atoms with Crippen molar-refractivity contribution in [3.05, 3.63) is 89.2 Å². The maximum atomic E-state index is 12.8. The second-order valence-electron chi connectivity index (χ2n) is 10.0. The Kier molecular flexibility index (Phi) is 5.49. The number of benzene rings is 2. The van der Waals surface area contributed by atoms with Gasteiger partial charge in [0.1, 0.15) is 11.5 Å². The lowest BCUT2D eigenvalue weighted by atomic mass is 9.70. The summed E-state index contributed by atoms with van der Waals surface area (Å²) < 4.78 is 12.4. The summed E-state index contributed by atoms with van der Waals surface area (Å²) in [5.74, 6) is 0.0560. The average Bonchev–Trinajstić information content (AvgIpc) is 3.58. The van der Waals surface area contributed by atoms with Crippen LogP contribution < -0.4 is 9.47 Å². The second-order valence-corrected chi connectivity index (χ2v) is 10.0. The van der Waals surface area contributed by atoms with E-state index in [1.165, 1.54) is 7.11 Å². The van der Waals surface area contributed by atoms with Gasteiger partial charge in [0.15, 0.2) is 11.2 Å². The molecule has 184 valence electrons. The number of hydrogen-bond acceptors (Lipinski definition) is 7. The number of likely N-dealkylation sites (tertiary alicyclic amines) is 1. The van der Waals surface area contributed by atoms with E-state index in [9.17, 15) is 15.5 Å². The first-order valence-corrected chi connectivity index (χ1v) is 12.4. The van der Waals surface area contributed by atoms with Crippen LogP contribution in [0.5, 0.6) is 11.5 Å². The number of rotatable bonds is 5. The Morgan fingerprint density at radius 1 is 1.11 bits per heavy atom. The quantitative estimate of drug-likeness (QED) is 0.575. The first-order valence-electron chi connectivity index (χ1n) is 12.4. The summed E-state index contributed by atoms with van der Waals surface area (Å²) in [4.78, 5) is 6.64. The van der Waals surface area contributed by atoms with Crippen LogP contribution >= 0.6 is 0 Å². The zero-order valence-corrected chi connectivity index (χ0v) is 20.2. The summed E-state index contributed by atoms with van der Waals surface area (Å²) in [6, 6.07) is 19.3. The Balaban J connectivity index is 1.63. The third-order valence-electron chi connectivity index (χ3n) is 8.28. The zero-order chi connectivity index (χ0) is 24.9. The van der Waals surface area contributed by atoms with Crippen molar-refractivity contribution >= 4 is 0 Å². The molecule has 2 N–H and O–H groups in total. The van der Waals surface area contributed by atoms with E-state index in [0.29, 0.717) is 34.7 Å². The Morgan fingerprint density at radius 3 is 2.50 bits per heavy atom. The molecule has 1 unspecified atom stereocenters. The highest BCUT2D eigenvalue weighted by Crippen LogP contribution is 2.69. The van der Waals surface area contributed by atoms with Gasteiger partial charge >= 0.3 is 0 Å². The van der Waals surface area contributed by atoms with Crippen molar-refractivity contribution in [2.24, 2.45) is 5.92 Å². The molecule has 0 amide bonds. The number of fused-ring (bicyclic) bond motifs is 3. The molecule has 1 aromatic heterocycles. The van der Waals surface area contributed by atoms with Gasteiger partial charge in [0.05, 0.1) is 42.8 Å². The molecule has 0 radical (unpaired) electrons. The molecule has 0 bridgehead atoms. The van der Waals surface area contributed by atoms with Gasteiger partial charge in [-0.3, -0.25) is 4.98 Å². The molecule has 2 fully saturated rings. The summed E-state index contributed by atoms with van der Waals surface area (Å²) in [6.07, 6.45) is 4.24. The molecule has 2 aromatic carbocycles. The third-order valence-corrected chi connectivity index (χ3v) is 8.28. The molecule has 1 saturated heterocycles. The number of hydrogen-bond donors (Lipinski definition) is 2. The normalized spacial score (nSPS) is 30.9. The van der Waals surface area contributed by atoms with Gasteiger partial charge in [0, 0.05) is 18.4 Å². The van der Waals surface area contributed by atoms with Crippen molar-refractivity contribution in [2.75, 3.05) is 26.7 Å². The first kappa shape index (κ1) is 23.0. The molecule has 1 saturated carbocycles. The van der Waals surface area contributed by atoms with E-state index in [2.05, 4.69) is 16.0 Å². The van der Waals surface area contributed by atoms with Crippen LogP contribution in [0.15, 0.2) is 67.0 Å². The van der Waals surface area contributed by atoms with Gasteiger partial charge in [-0.1, -0.05) is 42.5 Å².